The molecule has 2 aromatic heterocycles. The Labute approximate surface area is 130 Å². The van der Waals surface area contributed by atoms with Crippen LogP contribution in [0, 0.1) is 6.92 Å². The molecule has 1 aliphatic carbocycles. The standard InChI is InChI=1S/C16H23N5O/c1-11-8-17-20(9-11)10-14-4-3-7-21(14)12(2)16-18-15(19-22-16)13-5-6-13/h8-9,12-14H,3-7,10H2,1-2H3/t12-,14-/m0/s1. The first-order valence-electron chi connectivity index (χ1n) is 8.29. The van der Waals surface area contributed by atoms with Crippen LogP contribution in [0.4, 0.5) is 0 Å². The van der Waals surface area contributed by atoms with Gasteiger partial charge in [0.25, 0.3) is 0 Å². The molecule has 1 aliphatic heterocycles. The van der Waals surface area contributed by atoms with Gasteiger partial charge < -0.3 is 4.52 Å². The predicted octanol–water partition coefficient (Wildman–Crippen LogP) is 2.68. The molecule has 2 aliphatic rings. The molecule has 2 aromatic rings. The summed E-state index contributed by atoms with van der Waals surface area (Å²) in [6.45, 7) is 6.28. The van der Waals surface area contributed by atoms with E-state index in [-0.39, 0.29) is 6.04 Å². The van der Waals surface area contributed by atoms with Gasteiger partial charge in [-0.1, -0.05) is 5.16 Å². The highest BCUT2D eigenvalue weighted by atomic mass is 16.5. The molecule has 1 saturated heterocycles. The second-order valence-corrected chi connectivity index (χ2v) is 6.71. The first-order valence-corrected chi connectivity index (χ1v) is 8.29. The van der Waals surface area contributed by atoms with Crippen LogP contribution in [0.25, 0.3) is 0 Å². The molecule has 0 spiro atoms. The Morgan fingerprint density at radius 2 is 2.23 bits per heavy atom. The maximum Gasteiger partial charge on any atom is 0.243 e. The summed E-state index contributed by atoms with van der Waals surface area (Å²) in [5.74, 6) is 2.22. The van der Waals surface area contributed by atoms with Crippen LogP contribution < -0.4 is 0 Å². The molecule has 0 aromatic carbocycles. The smallest absolute Gasteiger partial charge is 0.243 e. The maximum atomic E-state index is 5.52. The van der Waals surface area contributed by atoms with E-state index in [1.54, 1.807) is 0 Å². The molecule has 4 rings (SSSR count). The molecule has 0 unspecified atom stereocenters. The quantitative estimate of drug-likeness (QED) is 0.849. The third-order valence-electron chi connectivity index (χ3n) is 4.84. The summed E-state index contributed by atoms with van der Waals surface area (Å²) in [6, 6.07) is 0.676. The van der Waals surface area contributed by atoms with E-state index in [0.717, 1.165) is 24.8 Å². The van der Waals surface area contributed by atoms with Crippen LogP contribution >= 0.6 is 0 Å². The first kappa shape index (κ1) is 13.9. The molecule has 6 heteroatoms. The first-order chi connectivity index (χ1) is 10.7. The van der Waals surface area contributed by atoms with Gasteiger partial charge in [-0.15, -0.1) is 0 Å². The van der Waals surface area contributed by atoms with E-state index in [0.29, 0.717) is 12.0 Å². The van der Waals surface area contributed by atoms with Crippen molar-refractivity contribution in [3.05, 3.63) is 29.7 Å². The lowest BCUT2D eigenvalue weighted by atomic mass is 10.2. The molecule has 6 nitrogen and oxygen atoms in total. The Morgan fingerprint density at radius 3 is 2.95 bits per heavy atom. The molecule has 3 heterocycles. The summed E-state index contributed by atoms with van der Waals surface area (Å²) in [6.07, 6.45) is 8.87. The molecule has 1 saturated carbocycles. The molecule has 2 atom stereocenters. The minimum Gasteiger partial charge on any atom is -0.338 e. The van der Waals surface area contributed by atoms with E-state index in [9.17, 15) is 0 Å². The fourth-order valence-electron chi connectivity index (χ4n) is 3.41. The van der Waals surface area contributed by atoms with Crippen molar-refractivity contribution in [2.75, 3.05) is 6.54 Å². The molecule has 0 amide bonds. The second kappa shape index (κ2) is 5.50. The van der Waals surface area contributed by atoms with E-state index in [4.69, 9.17) is 4.52 Å². The Morgan fingerprint density at radius 1 is 1.36 bits per heavy atom. The van der Waals surface area contributed by atoms with Crippen LogP contribution in [0.15, 0.2) is 16.9 Å². The third-order valence-corrected chi connectivity index (χ3v) is 4.84. The van der Waals surface area contributed by atoms with Gasteiger partial charge in [0, 0.05) is 18.2 Å². The van der Waals surface area contributed by atoms with Gasteiger partial charge in [0.1, 0.15) is 0 Å². The average molecular weight is 301 g/mol. The molecule has 0 N–H and O–H groups in total. The summed E-state index contributed by atoms with van der Waals surface area (Å²) in [5, 5.41) is 8.57. The summed E-state index contributed by atoms with van der Waals surface area (Å²) in [4.78, 5) is 7.11. The van der Waals surface area contributed by atoms with Crippen LogP contribution in [-0.4, -0.2) is 37.4 Å². The van der Waals surface area contributed by atoms with E-state index < -0.39 is 0 Å². The number of likely N-dealkylation sites (tertiary alicyclic amines) is 1. The van der Waals surface area contributed by atoms with E-state index in [2.05, 4.69) is 44.9 Å². The van der Waals surface area contributed by atoms with E-state index in [1.165, 1.54) is 31.2 Å². The number of hydrogen-bond donors (Lipinski definition) is 0. The molecular weight excluding hydrogens is 278 g/mol. The van der Waals surface area contributed by atoms with Crippen molar-refractivity contribution in [3.8, 4) is 0 Å². The molecule has 2 fully saturated rings. The van der Waals surface area contributed by atoms with Gasteiger partial charge >= 0.3 is 0 Å². The Balaban J connectivity index is 1.46. The third kappa shape index (κ3) is 2.67. The van der Waals surface area contributed by atoms with Gasteiger partial charge in [-0.2, -0.15) is 10.1 Å². The molecule has 118 valence electrons. The van der Waals surface area contributed by atoms with Crippen LogP contribution in [0.5, 0.6) is 0 Å². The maximum absolute atomic E-state index is 5.52. The van der Waals surface area contributed by atoms with Gasteiger partial charge in [0.2, 0.25) is 5.89 Å². The molecule has 0 radical (unpaired) electrons. The van der Waals surface area contributed by atoms with Crippen molar-refractivity contribution in [2.45, 2.75) is 64.1 Å². The van der Waals surface area contributed by atoms with Gasteiger partial charge in [0.15, 0.2) is 5.82 Å². The summed E-state index contributed by atoms with van der Waals surface area (Å²) >= 11 is 0. The van der Waals surface area contributed by atoms with Crippen LogP contribution in [0.1, 0.15) is 61.8 Å². The molecule has 0 bridgehead atoms. The van der Waals surface area contributed by atoms with E-state index >= 15 is 0 Å². The van der Waals surface area contributed by atoms with Crippen LogP contribution in [0.2, 0.25) is 0 Å². The summed E-state index contributed by atoms with van der Waals surface area (Å²) < 4.78 is 7.57. The van der Waals surface area contributed by atoms with E-state index in [1.807, 2.05) is 6.20 Å². The zero-order valence-corrected chi connectivity index (χ0v) is 13.3. The molecule has 22 heavy (non-hydrogen) atoms. The lowest BCUT2D eigenvalue weighted by Crippen LogP contribution is -2.35. The average Bonchev–Trinajstić information content (AvgIpc) is 2.92. The Hall–Kier alpha value is -1.69. The van der Waals surface area contributed by atoms with Gasteiger partial charge in [0.05, 0.1) is 18.8 Å². The SMILES string of the molecule is Cc1cnn(C[C@@H]2CCCN2[C@@H](C)c2nc(C3CC3)no2)c1. The highest BCUT2D eigenvalue weighted by Crippen LogP contribution is 2.39. The largest absolute Gasteiger partial charge is 0.338 e. The number of rotatable bonds is 5. The summed E-state index contributed by atoms with van der Waals surface area (Å²) in [7, 11) is 0. The lowest BCUT2D eigenvalue weighted by molar-refractivity contribution is 0.144. The van der Waals surface area contributed by atoms with Crippen molar-refractivity contribution in [3.63, 3.8) is 0 Å². The number of nitrogens with zero attached hydrogens (tertiary/aromatic N) is 5. The Kier molecular flexibility index (Phi) is 3.48. The van der Waals surface area contributed by atoms with Crippen molar-refractivity contribution >= 4 is 0 Å². The van der Waals surface area contributed by atoms with Gasteiger partial charge in [-0.3, -0.25) is 9.58 Å². The fourth-order valence-corrected chi connectivity index (χ4v) is 3.41. The zero-order chi connectivity index (χ0) is 15.1. The van der Waals surface area contributed by atoms with Gasteiger partial charge in [-0.05, 0) is 51.6 Å². The van der Waals surface area contributed by atoms with Crippen molar-refractivity contribution in [1.29, 1.82) is 0 Å². The van der Waals surface area contributed by atoms with Crippen molar-refractivity contribution in [2.24, 2.45) is 0 Å². The molecular formula is C16H23N5O. The predicted molar refractivity (Wildman–Crippen MR) is 81.4 cm³/mol. The van der Waals surface area contributed by atoms with Crippen molar-refractivity contribution < 1.29 is 4.52 Å². The zero-order valence-electron chi connectivity index (χ0n) is 13.3. The minimum atomic E-state index is 0.184. The van der Waals surface area contributed by atoms with Gasteiger partial charge in [-0.25, -0.2) is 0 Å². The van der Waals surface area contributed by atoms with Crippen LogP contribution in [0.3, 0.4) is 0 Å². The highest BCUT2D eigenvalue weighted by molar-refractivity contribution is 5.05. The number of aryl methyl sites for hydroxylation is 1. The normalized spacial score (nSPS) is 24.0. The van der Waals surface area contributed by atoms with Crippen molar-refractivity contribution in [1.82, 2.24) is 24.8 Å². The number of aromatic nitrogens is 4. The highest BCUT2D eigenvalue weighted by Gasteiger charge is 2.34. The second-order valence-electron chi connectivity index (χ2n) is 6.71. The topological polar surface area (TPSA) is 60.0 Å². The summed E-state index contributed by atoms with van der Waals surface area (Å²) in [5.41, 5.74) is 1.21. The fraction of sp³-hybridized carbons (Fsp3) is 0.688. The van der Waals surface area contributed by atoms with Crippen LogP contribution in [-0.2, 0) is 6.54 Å². The monoisotopic (exact) mass is 301 g/mol. The Bertz CT molecular complexity index is 645. The minimum absolute atomic E-state index is 0.184. The lowest BCUT2D eigenvalue weighted by Gasteiger charge is -2.28. The number of hydrogen-bond acceptors (Lipinski definition) is 5.